The SMILES string of the molecule is CC(Cc1c[nH]c2ccccc12)(NC(=O)OC1C2CC3CC(C2)CC1C3)C(=O)NC(CC(=S=O)C(=O)O)Cc1ccccc1. The fourth-order valence-corrected chi connectivity index (χ4v) is 8.42. The Bertz CT molecular complexity index is 1570. The molecule has 7 rings (SSSR count). The van der Waals surface area contributed by atoms with Crippen LogP contribution in [0, 0.1) is 23.7 Å². The number of para-hydroxylation sites is 1. The second-order valence-electron chi connectivity index (χ2n) is 13.2. The van der Waals surface area contributed by atoms with Crippen molar-refractivity contribution < 1.29 is 28.4 Å². The highest BCUT2D eigenvalue weighted by atomic mass is 32.1. The summed E-state index contributed by atoms with van der Waals surface area (Å²) in [6.07, 6.45) is 7.10. The van der Waals surface area contributed by atoms with Crippen molar-refractivity contribution in [3.05, 3.63) is 71.9 Å². The second-order valence-corrected chi connectivity index (χ2v) is 13.8. The summed E-state index contributed by atoms with van der Waals surface area (Å²) < 4.78 is 17.8. The Morgan fingerprint density at radius 2 is 1.66 bits per heavy atom. The first kappa shape index (κ1) is 30.1. The highest BCUT2D eigenvalue weighted by molar-refractivity contribution is 7.68. The number of carbonyl (C=O) groups is 3. The number of benzene rings is 2. The summed E-state index contributed by atoms with van der Waals surface area (Å²) >= 11 is -0.0802. The summed E-state index contributed by atoms with van der Waals surface area (Å²) in [5.74, 6) is 0.424. The Morgan fingerprint density at radius 1 is 1.00 bits per heavy atom. The van der Waals surface area contributed by atoms with Crippen LogP contribution in [-0.2, 0) is 38.4 Å². The molecule has 0 radical (unpaired) electrons. The van der Waals surface area contributed by atoms with Crippen LogP contribution in [-0.4, -0.2) is 54.8 Å². The molecule has 4 bridgehead atoms. The number of rotatable bonds is 11. The van der Waals surface area contributed by atoms with Crippen molar-refractivity contribution in [2.24, 2.45) is 23.7 Å². The summed E-state index contributed by atoms with van der Waals surface area (Å²) in [6.45, 7) is 1.67. The molecule has 0 spiro atoms. The molecular formula is C34H39N3O6S. The lowest BCUT2D eigenvalue weighted by atomic mass is 9.55. The summed E-state index contributed by atoms with van der Waals surface area (Å²) in [5.41, 5.74) is 1.21. The van der Waals surface area contributed by atoms with E-state index in [2.05, 4.69) is 15.6 Å². The summed E-state index contributed by atoms with van der Waals surface area (Å²) in [7, 11) is 0. The lowest BCUT2D eigenvalue weighted by Crippen LogP contribution is -2.61. The minimum absolute atomic E-state index is 0.0802. The summed E-state index contributed by atoms with van der Waals surface area (Å²) in [6, 6.07) is 16.4. The number of nitrogens with one attached hydrogen (secondary N) is 3. The fraction of sp³-hybridized carbons (Fsp3) is 0.471. The predicted molar refractivity (Wildman–Crippen MR) is 168 cm³/mol. The van der Waals surface area contributed by atoms with E-state index in [1.165, 1.54) is 6.42 Å². The Morgan fingerprint density at radius 3 is 2.32 bits per heavy atom. The van der Waals surface area contributed by atoms with Gasteiger partial charge in [0.2, 0.25) is 5.91 Å². The highest BCUT2D eigenvalue weighted by Crippen LogP contribution is 2.54. The Hall–Kier alpha value is -3.92. The van der Waals surface area contributed by atoms with Gasteiger partial charge in [-0.3, -0.25) is 4.79 Å². The molecule has 1 heterocycles. The molecule has 0 aliphatic heterocycles. The third-order valence-electron chi connectivity index (χ3n) is 9.91. The average Bonchev–Trinajstić information content (AvgIpc) is 3.39. The Kier molecular flexibility index (Phi) is 8.62. The van der Waals surface area contributed by atoms with Crippen molar-refractivity contribution in [2.75, 3.05) is 0 Å². The molecular weight excluding hydrogens is 578 g/mol. The van der Waals surface area contributed by atoms with E-state index in [4.69, 9.17) is 4.74 Å². The van der Waals surface area contributed by atoms with Crippen molar-refractivity contribution in [1.82, 2.24) is 15.6 Å². The number of hydrogen-bond donors (Lipinski definition) is 4. The normalized spacial score (nSPS) is 25.5. The number of fused-ring (bicyclic) bond motifs is 1. The van der Waals surface area contributed by atoms with Crippen LogP contribution < -0.4 is 10.6 Å². The summed E-state index contributed by atoms with van der Waals surface area (Å²) in [5, 5.41) is 16.4. The van der Waals surface area contributed by atoms with Crippen molar-refractivity contribution in [3.63, 3.8) is 0 Å². The number of carboxylic acid groups (broad SMARTS) is 1. The van der Waals surface area contributed by atoms with Crippen molar-refractivity contribution in [2.45, 2.75) is 76.0 Å². The molecule has 4 aliphatic carbocycles. The molecule has 4 aliphatic rings. The zero-order valence-electron chi connectivity index (χ0n) is 24.8. The van der Waals surface area contributed by atoms with Crippen LogP contribution in [0.3, 0.4) is 0 Å². The topological polar surface area (TPSA) is 138 Å². The van der Waals surface area contributed by atoms with Gasteiger partial charge in [-0.15, -0.1) is 0 Å². The fourth-order valence-electron chi connectivity index (χ4n) is 8.08. The molecule has 3 aromatic rings. The van der Waals surface area contributed by atoms with E-state index in [-0.39, 0.29) is 35.1 Å². The highest BCUT2D eigenvalue weighted by Gasteiger charge is 2.50. The molecule has 44 heavy (non-hydrogen) atoms. The maximum absolute atomic E-state index is 14.2. The van der Waals surface area contributed by atoms with Crippen LogP contribution in [0.15, 0.2) is 60.8 Å². The molecule has 232 valence electrons. The summed E-state index contributed by atoms with van der Waals surface area (Å²) in [4.78, 5) is 42.5. The van der Waals surface area contributed by atoms with Crippen molar-refractivity contribution >= 4 is 45.0 Å². The molecule has 4 saturated carbocycles. The Labute approximate surface area is 260 Å². The van der Waals surface area contributed by atoms with Crippen LogP contribution in [0.2, 0.25) is 0 Å². The molecule has 2 atom stereocenters. The van der Waals surface area contributed by atoms with E-state index in [0.29, 0.717) is 18.3 Å². The molecule has 2 amide bonds. The number of ether oxygens (including phenoxy) is 1. The van der Waals surface area contributed by atoms with Crippen LogP contribution in [0.25, 0.3) is 10.9 Å². The number of H-pyrrole nitrogens is 1. The van der Waals surface area contributed by atoms with E-state index in [1.54, 1.807) is 6.92 Å². The number of alkyl carbamates (subject to hydrolysis) is 1. The molecule has 4 fully saturated rings. The molecule has 4 N–H and O–H groups in total. The molecule has 0 saturated heterocycles. The monoisotopic (exact) mass is 617 g/mol. The lowest BCUT2D eigenvalue weighted by Gasteiger charge is -2.53. The van der Waals surface area contributed by atoms with Gasteiger partial charge < -0.3 is 25.5 Å². The third-order valence-corrected chi connectivity index (χ3v) is 10.5. The minimum atomic E-state index is -1.43. The van der Waals surface area contributed by atoms with Gasteiger partial charge in [-0.2, -0.15) is 0 Å². The van der Waals surface area contributed by atoms with Crippen LogP contribution in [0.5, 0.6) is 0 Å². The number of amides is 2. The first-order chi connectivity index (χ1) is 21.2. The van der Waals surface area contributed by atoms with E-state index in [9.17, 15) is 23.7 Å². The van der Waals surface area contributed by atoms with Gasteiger partial charge in [0.25, 0.3) is 0 Å². The van der Waals surface area contributed by atoms with E-state index < -0.39 is 29.6 Å². The van der Waals surface area contributed by atoms with Crippen LogP contribution in [0.4, 0.5) is 4.79 Å². The zero-order valence-corrected chi connectivity index (χ0v) is 25.6. The second kappa shape index (κ2) is 12.6. The molecule has 1 aromatic heterocycles. The Balaban J connectivity index is 1.25. The minimum Gasteiger partial charge on any atom is -0.477 e. The van der Waals surface area contributed by atoms with Gasteiger partial charge in [-0.05, 0) is 86.3 Å². The number of aromatic nitrogens is 1. The third kappa shape index (κ3) is 6.45. The number of aromatic amines is 1. The first-order valence-electron chi connectivity index (χ1n) is 15.5. The maximum atomic E-state index is 14.2. The largest absolute Gasteiger partial charge is 0.477 e. The van der Waals surface area contributed by atoms with Crippen molar-refractivity contribution in [1.29, 1.82) is 0 Å². The standard InChI is InChI=1S/C34H39N3O6S/c1-34(18-25-19-35-28-10-6-5-9-27(25)28,37-33(41)43-30-23-12-21-11-22(14-23)15-24(30)13-21)32(40)36-26(17-29(44-42)31(38)39)16-20-7-3-2-4-8-20/h2-10,19,21-24,26,30,35H,11-18H2,1H3,(H,36,40)(H,37,41)(H,38,39). The van der Waals surface area contributed by atoms with Gasteiger partial charge in [-0.1, -0.05) is 48.5 Å². The van der Waals surface area contributed by atoms with E-state index in [0.717, 1.165) is 59.5 Å². The van der Waals surface area contributed by atoms with E-state index >= 15 is 0 Å². The zero-order chi connectivity index (χ0) is 30.8. The lowest BCUT2D eigenvalue weighted by molar-refractivity contribution is -0.130. The predicted octanol–water partition coefficient (Wildman–Crippen LogP) is 4.61. The smallest absolute Gasteiger partial charge is 0.408 e. The quantitative estimate of drug-likeness (QED) is 0.232. The van der Waals surface area contributed by atoms with Gasteiger partial charge in [0.1, 0.15) is 16.5 Å². The molecule has 2 unspecified atom stereocenters. The van der Waals surface area contributed by atoms with Gasteiger partial charge >= 0.3 is 12.1 Å². The maximum Gasteiger partial charge on any atom is 0.408 e. The molecule has 10 heteroatoms. The number of carboxylic acids is 1. The number of aliphatic carboxylic acids is 1. The van der Waals surface area contributed by atoms with Gasteiger partial charge in [-0.25, -0.2) is 13.8 Å². The molecule has 2 aromatic carbocycles. The van der Waals surface area contributed by atoms with Gasteiger partial charge in [0.15, 0.2) is 0 Å². The van der Waals surface area contributed by atoms with Gasteiger partial charge in [0.05, 0.1) is 11.3 Å². The molecule has 9 nitrogen and oxygen atoms in total. The number of carbonyl (C=O) groups excluding carboxylic acids is 2. The van der Waals surface area contributed by atoms with Crippen LogP contribution >= 0.6 is 0 Å². The van der Waals surface area contributed by atoms with Crippen LogP contribution in [0.1, 0.15) is 56.6 Å². The average molecular weight is 618 g/mol. The van der Waals surface area contributed by atoms with Gasteiger partial charge in [0, 0.05) is 36.0 Å². The van der Waals surface area contributed by atoms with Crippen molar-refractivity contribution in [3.8, 4) is 0 Å². The van der Waals surface area contributed by atoms with E-state index in [1.807, 2.05) is 60.8 Å². The first-order valence-corrected chi connectivity index (χ1v) is 16.2. The number of hydrogen-bond acceptors (Lipinski definition) is 5.